The summed E-state index contributed by atoms with van der Waals surface area (Å²) in [4.78, 5) is 29.1. The van der Waals surface area contributed by atoms with Crippen molar-refractivity contribution in [1.82, 2.24) is 10.2 Å². The fourth-order valence-corrected chi connectivity index (χ4v) is 4.45. The van der Waals surface area contributed by atoms with Crippen LogP contribution >= 0.6 is 0 Å². The van der Waals surface area contributed by atoms with Crippen LogP contribution in [0.4, 0.5) is 4.39 Å². The fourth-order valence-electron chi connectivity index (χ4n) is 4.45. The fraction of sp³-hybridized carbons (Fsp3) is 0.212. The second kappa shape index (κ2) is 13.9. The molecule has 0 radical (unpaired) electrons. The number of halogens is 1. The number of hydrogen-bond donors (Lipinski definition) is 1. The molecule has 1 atom stereocenters. The van der Waals surface area contributed by atoms with Gasteiger partial charge in [0.05, 0.1) is 13.5 Å². The van der Waals surface area contributed by atoms with Gasteiger partial charge < -0.3 is 15.0 Å². The van der Waals surface area contributed by atoms with Gasteiger partial charge in [0, 0.05) is 19.5 Å². The second-order valence-corrected chi connectivity index (χ2v) is 9.41. The molecule has 0 spiro atoms. The molecule has 1 N–H and O–H groups in total. The van der Waals surface area contributed by atoms with Gasteiger partial charge in [-0.1, -0.05) is 84.9 Å². The average Bonchev–Trinajstić information content (AvgIpc) is 2.97. The van der Waals surface area contributed by atoms with Crippen molar-refractivity contribution < 1.29 is 18.7 Å². The van der Waals surface area contributed by atoms with E-state index in [9.17, 15) is 14.0 Å². The molecule has 0 aliphatic heterocycles. The number of amides is 2. The first-order valence-electron chi connectivity index (χ1n) is 13.0. The second-order valence-electron chi connectivity index (χ2n) is 9.41. The van der Waals surface area contributed by atoms with E-state index < -0.39 is 6.04 Å². The van der Waals surface area contributed by atoms with Crippen LogP contribution in [0, 0.1) is 5.82 Å². The largest absolute Gasteiger partial charge is 0.497 e. The van der Waals surface area contributed by atoms with Crippen molar-refractivity contribution in [3.8, 4) is 5.75 Å². The van der Waals surface area contributed by atoms with Crippen LogP contribution in [-0.4, -0.2) is 36.4 Å². The number of ether oxygens (including phenoxy) is 1. The number of nitrogens with zero attached hydrogens (tertiary/aromatic N) is 1. The van der Waals surface area contributed by atoms with Crippen LogP contribution in [0.3, 0.4) is 0 Å². The third-order valence-electron chi connectivity index (χ3n) is 6.61. The number of benzene rings is 4. The number of rotatable bonds is 12. The summed E-state index contributed by atoms with van der Waals surface area (Å²) in [6, 6.07) is 32.2. The van der Waals surface area contributed by atoms with Gasteiger partial charge in [-0.25, -0.2) is 4.39 Å². The first-order valence-corrected chi connectivity index (χ1v) is 13.0. The predicted molar refractivity (Wildman–Crippen MR) is 151 cm³/mol. The quantitative estimate of drug-likeness (QED) is 0.271. The van der Waals surface area contributed by atoms with E-state index >= 15 is 0 Å². The summed E-state index contributed by atoms with van der Waals surface area (Å²) in [6.07, 6.45) is 1.16. The molecule has 200 valence electrons. The van der Waals surface area contributed by atoms with Crippen molar-refractivity contribution in [1.29, 1.82) is 0 Å². The number of nitrogens with one attached hydrogen (secondary N) is 1. The summed E-state index contributed by atoms with van der Waals surface area (Å²) in [5.41, 5.74) is 3.63. The van der Waals surface area contributed by atoms with Crippen LogP contribution in [0.2, 0.25) is 0 Å². The number of methoxy groups -OCH3 is 1. The SMILES string of the molecule is COc1ccc(CCNC(=O)[C@@H](Cc2ccccc2)N(Cc2ccc(F)cc2)C(=O)Cc2ccccc2)cc1. The summed E-state index contributed by atoms with van der Waals surface area (Å²) in [7, 11) is 1.62. The molecule has 0 aliphatic carbocycles. The molecule has 39 heavy (non-hydrogen) atoms. The normalized spacial score (nSPS) is 11.4. The van der Waals surface area contributed by atoms with Crippen LogP contribution in [0.1, 0.15) is 22.3 Å². The van der Waals surface area contributed by atoms with E-state index in [4.69, 9.17) is 4.74 Å². The maximum Gasteiger partial charge on any atom is 0.243 e. The smallest absolute Gasteiger partial charge is 0.243 e. The Kier molecular flexibility index (Phi) is 9.84. The molecule has 4 aromatic rings. The number of carbonyl (C=O) groups excluding carboxylic acids is 2. The third-order valence-corrected chi connectivity index (χ3v) is 6.61. The molecule has 0 fully saturated rings. The Labute approximate surface area is 229 Å². The molecule has 4 rings (SSSR count). The van der Waals surface area contributed by atoms with E-state index in [0.29, 0.717) is 19.4 Å². The standard InChI is InChI=1S/C33H33FN2O3/c1-39-30-18-14-25(15-19-30)20-21-35-33(38)31(22-26-8-4-2-5-9-26)36(24-28-12-16-29(34)17-13-28)32(37)23-27-10-6-3-7-11-27/h2-19,31H,20-24H2,1H3,(H,35,38)/t31-/m1/s1. The van der Waals surface area contributed by atoms with Gasteiger partial charge in [0.25, 0.3) is 0 Å². The summed E-state index contributed by atoms with van der Waals surface area (Å²) in [6.45, 7) is 0.614. The molecule has 0 unspecified atom stereocenters. The lowest BCUT2D eigenvalue weighted by Gasteiger charge is -2.31. The van der Waals surface area contributed by atoms with E-state index in [1.807, 2.05) is 84.9 Å². The minimum Gasteiger partial charge on any atom is -0.497 e. The van der Waals surface area contributed by atoms with Gasteiger partial charge in [-0.2, -0.15) is 0 Å². The van der Waals surface area contributed by atoms with Crippen molar-refractivity contribution in [2.24, 2.45) is 0 Å². The highest BCUT2D eigenvalue weighted by atomic mass is 19.1. The lowest BCUT2D eigenvalue weighted by atomic mass is 10.0. The Bertz CT molecular complexity index is 1330. The Morgan fingerprint density at radius 2 is 1.36 bits per heavy atom. The highest BCUT2D eigenvalue weighted by Crippen LogP contribution is 2.17. The number of carbonyl (C=O) groups is 2. The Morgan fingerprint density at radius 3 is 1.97 bits per heavy atom. The Hall–Kier alpha value is -4.45. The number of hydrogen-bond acceptors (Lipinski definition) is 3. The van der Waals surface area contributed by atoms with Gasteiger partial charge in [-0.05, 0) is 52.9 Å². The topological polar surface area (TPSA) is 58.6 Å². The lowest BCUT2D eigenvalue weighted by Crippen LogP contribution is -2.51. The van der Waals surface area contributed by atoms with E-state index in [2.05, 4.69) is 5.32 Å². The van der Waals surface area contributed by atoms with Gasteiger partial charge in [-0.3, -0.25) is 9.59 Å². The molecule has 6 heteroatoms. The van der Waals surface area contributed by atoms with E-state index in [1.54, 1.807) is 24.1 Å². The lowest BCUT2D eigenvalue weighted by molar-refractivity contribution is -0.140. The monoisotopic (exact) mass is 524 g/mol. The van der Waals surface area contributed by atoms with Crippen LogP contribution in [0.15, 0.2) is 109 Å². The molecule has 0 aliphatic rings. The van der Waals surface area contributed by atoms with Gasteiger partial charge in [0.15, 0.2) is 0 Å². The van der Waals surface area contributed by atoms with Crippen molar-refractivity contribution in [3.05, 3.63) is 137 Å². The molecular formula is C33H33FN2O3. The Balaban J connectivity index is 1.57. The van der Waals surface area contributed by atoms with Crippen LogP contribution in [-0.2, 0) is 35.4 Å². The molecule has 4 aromatic carbocycles. The van der Waals surface area contributed by atoms with E-state index in [0.717, 1.165) is 28.0 Å². The van der Waals surface area contributed by atoms with E-state index in [1.165, 1.54) is 12.1 Å². The molecule has 0 aromatic heterocycles. The van der Waals surface area contributed by atoms with Crippen LogP contribution < -0.4 is 10.1 Å². The molecule has 0 heterocycles. The van der Waals surface area contributed by atoms with Crippen molar-refractivity contribution in [2.45, 2.75) is 31.8 Å². The summed E-state index contributed by atoms with van der Waals surface area (Å²) >= 11 is 0. The maximum absolute atomic E-state index is 13.7. The van der Waals surface area contributed by atoms with Crippen molar-refractivity contribution >= 4 is 11.8 Å². The highest BCUT2D eigenvalue weighted by Gasteiger charge is 2.30. The Morgan fingerprint density at radius 1 is 0.769 bits per heavy atom. The first kappa shape index (κ1) is 27.6. The molecule has 0 saturated heterocycles. The third kappa shape index (κ3) is 8.27. The van der Waals surface area contributed by atoms with Crippen molar-refractivity contribution in [2.75, 3.05) is 13.7 Å². The minimum atomic E-state index is -0.746. The highest BCUT2D eigenvalue weighted by molar-refractivity contribution is 5.88. The van der Waals surface area contributed by atoms with E-state index in [-0.39, 0.29) is 30.6 Å². The van der Waals surface area contributed by atoms with Crippen molar-refractivity contribution in [3.63, 3.8) is 0 Å². The molecule has 0 saturated carbocycles. The van der Waals surface area contributed by atoms with Gasteiger partial charge in [0.1, 0.15) is 17.6 Å². The van der Waals surface area contributed by atoms with Crippen LogP contribution in [0.25, 0.3) is 0 Å². The molecule has 0 bridgehead atoms. The zero-order chi connectivity index (χ0) is 27.5. The minimum absolute atomic E-state index is 0.159. The zero-order valence-corrected chi connectivity index (χ0v) is 22.1. The molecule has 5 nitrogen and oxygen atoms in total. The average molecular weight is 525 g/mol. The predicted octanol–water partition coefficient (Wildman–Crippen LogP) is 5.38. The van der Waals surface area contributed by atoms with Gasteiger partial charge in [0.2, 0.25) is 11.8 Å². The summed E-state index contributed by atoms with van der Waals surface area (Å²) in [5, 5.41) is 3.05. The molecular weight excluding hydrogens is 491 g/mol. The zero-order valence-electron chi connectivity index (χ0n) is 22.1. The summed E-state index contributed by atoms with van der Waals surface area (Å²) < 4.78 is 18.8. The maximum atomic E-state index is 13.7. The molecule has 2 amide bonds. The van der Waals surface area contributed by atoms with Crippen LogP contribution in [0.5, 0.6) is 5.75 Å². The van der Waals surface area contributed by atoms with Gasteiger partial charge >= 0.3 is 0 Å². The van der Waals surface area contributed by atoms with Gasteiger partial charge in [-0.15, -0.1) is 0 Å². The summed E-state index contributed by atoms with van der Waals surface area (Å²) in [5.74, 6) is 0.0322. The first-order chi connectivity index (χ1) is 19.0.